The average Bonchev–Trinajstić information content (AvgIpc) is 3.30. The van der Waals surface area contributed by atoms with E-state index in [1.807, 2.05) is 11.4 Å². The second-order valence-electron chi connectivity index (χ2n) is 8.35. The number of hydrogen-bond acceptors (Lipinski definition) is 8. The summed E-state index contributed by atoms with van der Waals surface area (Å²) in [5.41, 5.74) is 0.345. The number of nitrogens with zero attached hydrogens (tertiary/aromatic N) is 3. The minimum Gasteiger partial charge on any atom is -0.461 e. The van der Waals surface area contributed by atoms with E-state index in [0.29, 0.717) is 17.1 Å². The Morgan fingerprint density at radius 3 is 2.76 bits per heavy atom. The first kappa shape index (κ1) is 19.2. The number of cyclic esters (lactones) is 1. The molecule has 5 heterocycles. The number of esters is 1. The van der Waals surface area contributed by atoms with E-state index < -0.39 is 0 Å². The summed E-state index contributed by atoms with van der Waals surface area (Å²) in [6.07, 6.45) is 2.41. The van der Waals surface area contributed by atoms with E-state index in [-0.39, 0.29) is 23.0 Å². The summed E-state index contributed by atoms with van der Waals surface area (Å²) in [5, 5.41) is 1.89. The van der Waals surface area contributed by atoms with Crippen LogP contribution in [0.3, 0.4) is 0 Å². The summed E-state index contributed by atoms with van der Waals surface area (Å²) < 4.78 is 11.8. The van der Waals surface area contributed by atoms with Gasteiger partial charge in [0.2, 0.25) is 0 Å². The molecular weight excluding hydrogens is 392 g/mol. The van der Waals surface area contributed by atoms with Crippen LogP contribution in [0.5, 0.6) is 0 Å². The molecule has 2 aromatic heterocycles. The third-order valence-electron chi connectivity index (χ3n) is 6.44. The molecule has 1 unspecified atom stereocenters. The highest BCUT2D eigenvalue weighted by Crippen LogP contribution is 2.43. The number of H-pyrrole nitrogens is 1. The standard InChI is InChI=1S/C20H26N4O4S/c25-18-17-15(1-10-29-17)21-16(22-18)13-23-4-2-20(3-5-23)11-14(28-19(20)26)12-24-6-8-27-9-7-24/h1,10,14H,2-9,11-13H2,(H,21,22,25). The molecule has 3 fully saturated rings. The fraction of sp³-hybridized carbons (Fsp3) is 0.650. The normalized spacial score (nSPS) is 25.7. The van der Waals surface area contributed by atoms with Gasteiger partial charge >= 0.3 is 5.97 Å². The van der Waals surface area contributed by atoms with Crippen molar-refractivity contribution in [1.82, 2.24) is 19.8 Å². The zero-order valence-electron chi connectivity index (χ0n) is 16.4. The highest BCUT2D eigenvalue weighted by Gasteiger charge is 2.50. The van der Waals surface area contributed by atoms with Gasteiger partial charge in [0.25, 0.3) is 5.56 Å². The number of morpholine rings is 1. The Morgan fingerprint density at radius 2 is 1.97 bits per heavy atom. The Kier molecular flexibility index (Phi) is 5.15. The maximum absolute atomic E-state index is 12.7. The molecule has 0 aromatic carbocycles. The van der Waals surface area contributed by atoms with Crippen molar-refractivity contribution in [2.24, 2.45) is 5.41 Å². The second-order valence-corrected chi connectivity index (χ2v) is 9.26. The number of aromatic amines is 1. The van der Waals surface area contributed by atoms with E-state index in [2.05, 4.69) is 19.8 Å². The van der Waals surface area contributed by atoms with Gasteiger partial charge < -0.3 is 14.5 Å². The van der Waals surface area contributed by atoms with E-state index in [0.717, 1.165) is 70.7 Å². The van der Waals surface area contributed by atoms with Crippen LogP contribution in [0.25, 0.3) is 10.2 Å². The molecule has 0 saturated carbocycles. The summed E-state index contributed by atoms with van der Waals surface area (Å²) >= 11 is 1.41. The molecule has 1 atom stereocenters. The maximum atomic E-state index is 12.7. The first-order chi connectivity index (χ1) is 14.1. The van der Waals surface area contributed by atoms with Gasteiger partial charge in [0.15, 0.2) is 0 Å². The van der Waals surface area contributed by atoms with Crippen molar-refractivity contribution in [2.75, 3.05) is 45.9 Å². The van der Waals surface area contributed by atoms with Crippen LogP contribution in [0.1, 0.15) is 25.1 Å². The number of ether oxygens (including phenoxy) is 2. The van der Waals surface area contributed by atoms with Gasteiger partial charge in [-0.15, -0.1) is 11.3 Å². The molecule has 0 amide bonds. The predicted molar refractivity (Wildman–Crippen MR) is 109 cm³/mol. The molecule has 3 aliphatic rings. The number of carbonyl (C=O) groups excluding carboxylic acids is 1. The fourth-order valence-electron chi connectivity index (χ4n) is 4.77. The average molecular weight is 419 g/mol. The predicted octanol–water partition coefficient (Wildman–Crippen LogP) is 1.21. The molecular formula is C20H26N4O4S. The maximum Gasteiger partial charge on any atom is 0.312 e. The molecule has 156 valence electrons. The number of nitrogens with one attached hydrogen (secondary N) is 1. The van der Waals surface area contributed by atoms with Gasteiger partial charge in [0.05, 0.1) is 30.7 Å². The lowest BCUT2D eigenvalue weighted by Crippen LogP contribution is -2.43. The number of carbonyl (C=O) groups is 1. The quantitative estimate of drug-likeness (QED) is 0.747. The summed E-state index contributed by atoms with van der Waals surface area (Å²) in [6, 6.07) is 1.88. The number of likely N-dealkylation sites (tertiary alicyclic amines) is 1. The van der Waals surface area contributed by atoms with Crippen LogP contribution in [0.15, 0.2) is 16.2 Å². The van der Waals surface area contributed by atoms with Crippen molar-refractivity contribution in [3.8, 4) is 0 Å². The van der Waals surface area contributed by atoms with Gasteiger partial charge in [-0.1, -0.05) is 0 Å². The van der Waals surface area contributed by atoms with Gasteiger partial charge in [0, 0.05) is 26.1 Å². The van der Waals surface area contributed by atoms with Gasteiger partial charge in [-0.25, -0.2) is 4.98 Å². The first-order valence-corrected chi connectivity index (χ1v) is 11.2. The van der Waals surface area contributed by atoms with Gasteiger partial charge in [-0.05, 0) is 37.4 Å². The minimum absolute atomic E-state index is 0.00818. The molecule has 3 saturated heterocycles. The number of aromatic nitrogens is 2. The lowest BCUT2D eigenvalue weighted by atomic mass is 9.76. The van der Waals surface area contributed by atoms with Crippen LogP contribution in [0, 0.1) is 5.41 Å². The summed E-state index contributed by atoms with van der Waals surface area (Å²) in [5.74, 6) is 0.665. The zero-order chi connectivity index (χ0) is 19.8. The third-order valence-corrected chi connectivity index (χ3v) is 7.34. The van der Waals surface area contributed by atoms with Crippen LogP contribution < -0.4 is 5.56 Å². The molecule has 8 nitrogen and oxygen atoms in total. The Balaban J connectivity index is 1.19. The van der Waals surface area contributed by atoms with Gasteiger partial charge in [-0.2, -0.15) is 0 Å². The Morgan fingerprint density at radius 1 is 1.17 bits per heavy atom. The Bertz CT molecular complexity index is 943. The van der Waals surface area contributed by atoms with Crippen molar-refractivity contribution >= 4 is 27.5 Å². The van der Waals surface area contributed by atoms with E-state index in [9.17, 15) is 9.59 Å². The van der Waals surface area contributed by atoms with Crippen LogP contribution in [-0.2, 0) is 20.8 Å². The zero-order valence-corrected chi connectivity index (χ0v) is 17.2. The Hall–Kier alpha value is -1.81. The molecule has 0 aliphatic carbocycles. The van der Waals surface area contributed by atoms with E-state index in [1.54, 1.807) is 0 Å². The topological polar surface area (TPSA) is 87.8 Å². The molecule has 29 heavy (non-hydrogen) atoms. The second kappa shape index (κ2) is 7.79. The minimum atomic E-state index is -0.342. The smallest absolute Gasteiger partial charge is 0.312 e. The van der Waals surface area contributed by atoms with Crippen LogP contribution >= 0.6 is 11.3 Å². The van der Waals surface area contributed by atoms with Crippen LogP contribution in [0.2, 0.25) is 0 Å². The highest BCUT2D eigenvalue weighted by atomic mass is 32.1. The number of hydrogen-bond donors (Lipinski definition) is 1. The van der Waals surface area contributed by atoms with Crippen LogP contribution in [-0.4, -0.2) is 77.8 Å². The molecule has 0 radical (unpaired) electrons. The van der Waals surface area contributed by atoms with Crippen LogP contribution in [0.4, 0.5) is 0 Å². The van der Waals surface area contributed by atoms with E-state index >= 15 is 0 Å². The number of piperidine rings is 1. The van der Waals surface area contributed by atoms with E-state index in [4.69, 9.17) is 9.47 Å². The summed E-state index contributed by atoms with van der Waals surface area (Å²) in [7, 11) is 0. The van der Waals surface area contributed by atoms with Crippen molar-refractivity contribution in [3.63, 3.8) is 0 Å². The lowest BCUT2D eigenvalue weighted by molar-refractivity contribution is -0.151. The van der Waals surface area contributed by atoms with Crippen molar-refractivity contribution in [3.05, 3.63) is 27.6 Å². The number of thiophene rings is 1. The number of fused-ring (bicyclic) bond motifs is 1. The van der Waals surface area contributed by atoms with Gasteiger partial charge in [0.1, 0.15) is 16.6 Å². The molecule has 5 rings (SSSR count). The van der Waals surface area contributed by atoms with Crippen molar-refractivity contribution < 1.29 is 14.3 Å². The Labute approximate surface area is 172 Å². The van der Waals surface area contributed by atoms with E-state index in [1.165, 1.54) is 11.3 Å². The summed E-state index contributed by atoms with van der Waals surface area (Å²) in [4.78, 5) is 36.9. The third kappa shape index (κ3) is 3.84. The molecule has 3 aliphatic heterocycles. The number of rotatable bonds is 4. The van der Waals surface area contributed by atoms with Crippen molar-refractivity contribution in [1.29, 1.82) is 0 Å². The molecule has 1 N–H and O–H groups in total. The molecule has 1 spiro atoms. The SMILES string of the molecule is O=C1OC(CN2CCOCC2)CC12CCN(Cc1nc3ccsc3c(=O)[nH]1)CC2. The monoisotopic (exact) mass is 418 g/mol. The summed E-state index contributed by atoms with van der Waals surface area (Å²) in [6.45, 7) is 6.37. The highest BCUT2D eigenvalue weighted by molar-refractivity contribution is 7.17. The fourth-order valence-corrected chi connectivity index (χ4v) is 5.49. The molecule has 2 aromatic rings. The van der Waals surface area contributed by atoms with Crippen molar-refractivity contribution in [2.45, 2.75) is 31.9 Å². The molecule has 9 heteroatoms. The molecule has 0 bridgehead atoms. The largest absolute Gasteiger partial charge is 0.461 e. The lowest BCUT2D eigenvalue weighted by Gasteiger charge is -2.36. The van der Waals surface area contributed by atoms with Gasteiger partial charge in [-0.3, -0.25) is 19.4 Å². The first-order valence-electron chi connectivity index (χ1n) is 10.3.